The first-order valence-electron chi connectivity index (χ1n) is 12.0. The first-order chi connectivity index (χ1) is 16.2. The summed E-state index contributed by atoms with van der Waals surface area (Å²) in [5.74, 6) is -0.0821. The minimum Gasteiger partial charge on any atom is -0.349 e. The molecule has 3 rings (SSSR count). The van der Waals surface area contributed by atoms with Crippen molar-refractivity contribution in [2.24, 2.45) is 0 Å². The second kappa shape index (κ2) is 11.7. The van der Waals surface area contributed by atoms with E-state index in [2.05, 4.69) is 37.9 Å². The molecule has 0 saturated carbocycles. The topological polar surface area (TPSA) is 67.2 Å². The summed E-state index contributed by atoms with van der Waals surface area (Å²) in [5.41, 5.74) is 1.64. The van der Waals surface area contributed by atoms with Crippen LogP contribution in [0.5, 0.6) is 0 Å². The Kier molecular flexibility index (Phi) is 8.91. The summed E-state index contributed by atoms with van der Waals surface area (Å²) in [7, 11) is 0. The number of amides is 1. The van der Waals surface area contributed by atoms with Gasteiger partial charge in [0.2, 0.25) is 5.91 Å². The maximum Gasteiger partial charge on any atom is 0.262 e. The lowest BCUT2D eigenvalue weighted by Crippen LogP contribution is -2.41. The number of rotatable bonds is 10. The van der Waals surface area contributed by atoms with Crippen LogP contribution >= 0.6 is 11.8 Å². The molecule has 1 heterocycles. The molecule has 6 nitrogen and oxygen atoms in total. The minimum absolute atomic E-state index is 0.0641. The van der Waals surface area contributed by atoms with Crippen molar-refractivity contribution in [1.82, 2.24) is 19.8 Å². The molecule has 0 spiro atoms. The molecule has 0 aliphatic carbocycles. The fraction of sp³-hybridized carbons (Fsp3) is 0.444. The van der Waals surface area contributed by atoms with Crippen LogP contribution in [-0.4, -0.2) is 44.2 Å². The smallest absolute Gasteiger partial charge is 0.262 e. The molecule has 34 heavy (non-hydrogen) atoms. The maximum atomic E-state index is 13.4. The SMILES string of the molecule is CC(Sc1nc2ccccc2c(=O)n1CCN(C(C)C)C(C)C)C(=O)NC(C)c1ccccc1. The van der Waals surface area contributed by atoms with Crippen LogP contribution in [0.1, 0.15) is 53.1 Å². The number of thioether (sulfide) groups is 1. The van der Waals surface area contributed by atoms with Gasteiger partial charge in [-0.3, -0.25) is 19.1 Å². The lowest BCUT2D eigenvalue weighted by atomic mass is 10.1. The second-order valence-electron chi connectivity index (χ2n) is 9.19. The zero-order valence-electron chi connectivity index (χ0n) is 21.0. The van der Waals surface area contributed by atoms with Crippen molar-refractivity contribution < 1.29 is 4.79 Å². The molecular formula is C27H36N4O2S. The van der Waals surface area contributed by atoms with Gasteiger partial charge in [-0.05, 0) is 59.2 Å². The highest BCUT2D eigenvalue weighted by molar-refractivity contribution is 8.00. The molecule has 3 aromatic rings. The van der Waals surface area contributed by atoms with Crippen molar-refractivity contribution in [2.75, 3.05) is 6.54 Å². The molecule has 0 saturated heterocycles. The van der Waals surface area contributed by atoms with E-state index in [-0.39, 0.29) is 17.5 Å². The van der Waals surface area contributed by atoms with Crippen LogP contribution in [0.15, 0.2) is 64.5 Å². The molecule has 1 aromatic heterocycles. The van der Waals surface area contributed by atoms with E-state index < -0.39 is 5.25 Å². The molecule has 182 valence electrons. The van der Waals surface area contributed by atoms with Crippen LogP contribution in [0, 0.1) is 0 Å². The number of fused-ring (bicyclic) bond motifs is 1. The normalized spacial score (nSPS) is 13.6. The molecule has 0 fully saturated rings. The minimum atomic E-state index is -0.406. The van der Waals surface area contributed by atoms with Gasteiger partial charge in [-0.1, -0.05) is 54.2 Å². The Morgan fingerprint density at radius 3 is 2.24 bits per heavy atom. The van der Waals surface area contributed by atoms with E-state index in [1.807, 2.05) is 68.4 Å². The van der Waals surface area contributed by atoms with Crippen LogP contribution in [-0.2, 0) is 11.3 Å². The van der Waals surface area contributed by atoms with Gasteiger partial charge >= 0.3 is 0 Å². The lowest BCUT2D eigenvalue weighted by Gasteiger charge is -2.31. The van der Waals surface area contributed by atoms with E-state index in [1.54, 1.807) is 4.57 Å². The van der Waals surface area contributed by atoms with Crippen molar-refractivity contribution in [1.29, 1.82) is 0 Å². The molecule has 2 aromatic carbocycles. The Hall–Kier alpha value is -2.64. The quantitative estimate of drug-likeness (QED) is 0.331. The van der Waals surface area contributed by atoms with E-state index in [9.17, 15) is 9.59 Å². The third-order valence-electron chi connectivity index (χ3n) is 6.04. The van der Waals surface area contributed by atoms with Crippen LogP contribution in [0.25, 0.3) is 10.9 Å². The number of para-hydroxylation sites is 1. The largest absolute Gasteiger partial charge is 0.349 e. The summed E-state index contributed by atoms with van der Waals surface area (Å²) in [6.45, 7) is 13.7. The highest BCUT2D eigenvalue weighted by Crippen LogP contribution is 2.24. The predicted molar refractivity (Wildman–Crippen MR) is 141 cm³/mol. The summed E-state index contributed by atoms with van der Waals surface area (Å²) in [6.07, 6.45) is 0. The Bertz CT molecular complexity index is 1150. The molecule has 1 amide bonds. The number of nitrogens with zero attached hydrogens (tertiary/aromatic N) is 3. The number of nitrogens with one attached hydrogen (secondary N) is 1. The number of carbonyl (C=O) groups is 1. The van der Waals surface area contributed by atoms with E-state index in [0.717, 1.165) is 12.1 Å². The Labute approximate surface area is 206 Å². The van der Waals surface area contributed by atoms with Crippen molar-refractivity contribution >= 4 is 28.6 Å². The summed E-state index contributed by atoms with van der Waals surface area (Å²) in [4.78, 5) is 33.5. The van der Waals surface area contributed by atoms with Crippen LogP contribution < -0.4 is 10.9 Å². The number of hydrogen-bond donors (Lipinski definition) is 1. The molecule has 0 aliphatic heterocycles. The van der Waals surface area contributed by atoms with Gasteiger partial charge in [0.1, 0.15) is 0 Å². The summed E-state index contributed by atoms with van der Waals surface area (Å²) in [5, 5.41) is 3.85. The first-order valence-corrected chi connectivity index (χ1v) is 12.8. The molecular weight excluding hydrogens is 444 g/mol. The summed E-state index contributed by atoms with van der Waals surface area (Å²) >= 11 is 1.33. The predicted octanol–water partition coefficient (Wildman–Crippen LogP) is 4.87. The van der Waals surface area contributed by atoms with Gasteiger partial charge in [-0.2, -0.15) is 0 Å². The van der Waals surface area contributed by atoms with Crippen molar-refractivity contribution in [3.8, 4) is 0 Å². The highest BCUT2D eigenvalue weighted by atomic mass is 32.2. The van der Waals surface area contributed by atoms with Crippen molar-refractivity contribution in [3.05, 3.63) is 70.5 Å². The third-order valence-corrected chi connectivity index (χ3v) is 7.13. The highest BCUT2D eigenvalue weighted by Gasteiger charge is 2.22. The molecule has 0 radical (unpaired) electrons. The second-order valence-corrected chi connectivity index (χ2v) is 10.5. The van der Waals surface area contributed by atoms with Gasteiger partial charge in [0.05, 0.1) is 22.2 Å². The molecule has 0 bridgehead atoms. The van der Waals surface area contributed by atoms with Crippen LogP contribution in [0.4, 0.5) is 0 Å². The molecule has 1 N–H and O–H groups in total. The van der Waals surface area contributed by atoms with Crippen molar-refractivity contribution in [3.63, 3.8) is 0 Å². The standard InChI is InChI=1S/C27H36N4O2S/c1-18(2)30(19(3)4)16-17-31-26(33)23-14-10-11-15-24(23)29-27(31)34-21(6)25(32)28-20(5)22-12-8-7-9-13-22/h7-15,18-21H,16-17H2,1-6H3,(H,28,32). The third kappa shape index (κ3) is 6.27. The molecule has 7 heteroatoms. The zero-order valence-corrected chi connectivity index (χ0v) is 21.8. The average molecular weight is 481 g/mol. The lowest BCUT2D eigenvalue weighted by molar-refractivity contribution is -0.120. The maximum absolute atomic E-state index is 13.4. The number of hydrogen-bond acceptors (Lipinski definition) is 5. The Morgan fingerprint density at radius 1 is 0.971 bits per heavy atom. The van der Waals surface area contributed by atoms with Gasteiger partial charge < -0.3 is 5.32 Å². The van der Waals surface area contributed by atoms with E-state index >= 15 is 0 Å². The average Bonchev–Trinajstić information content (AvgIpc) is 2.81. The Morgan fingerprint density at radius 2 is 1.59 bits per heavy atom. The number of benzene rings is 2. The number of aromatic nitrogens is 2. The van der Waals surface area contributed by atoms with Gasteiger partial charge in [-0.15, -0.1) is 0 Å². The van der Waals surface area contributed by atoms with E-state index in [1.165, 1.54) is 11.8 Å². The van der Waals surface area contributed by atoms with E-state index in [0.29, 0.717) is 34.7 Å². The fourth-order valence-electron chi connectivity index (χ4n) is 4.13. The Balaban J connectivity index is 1.85. The van der Waals surface area contributed by atoms with Crippen LogP contribution in [0.3, 0.4) is 0 Å². The molecule has 0 aliphatic rings. The van der Waals surface area contributed by atoms with Crippen molar-refractivity contribution in [2.45, 2.75) is 76.6 Å². The van der Waals surface area contributed by atoms with Gasteiger partial charge in [0.15, 0.2) is 5.16 Å². The van der Waals surface area contributed by atoms with E-state index in [4.69, 9.17) is 4.98 Å². The fourth-order valence-corrected chi connectivity index (χ4v) is 5.07. The summed E-state index contributed by atoms with van der Waals surface area (Å²) in [6, 6.07) is 17.9. The van der Waals surface area contributed by atoms with Gasteiger partial charge in [0.25, 0.3) is 5.56 Å². The first kappa shape index (κ1) is 26.0. The number of carbonyl (C=O) groups excluding carboxylic acids is 1. The molecule has 2 unspecified atom stereocenters. The monoisotopic (exact) mass is 480 g/mol. The molecule has 2 atom stereocenters. The summed E-state index contributed by atoms with van der Waals surface area (Å²) < 4.78 is 1.73. The van der Waals surface area contributed by atoms with Crippen LogP contribution in [0.2, 0.25) is 0 Å². The van der Waals surface area contributed by atoms with Gasteiger partial charge in [0, 0.05) is 25.2 Å². The zero-order chi connectivity index (χ0) is 24.8. The van der Waals surface area contributed by atoms with Gasteiger partial charge in [-0.25, -0.2) is 4.98 Å².